The van der Waals surface area contributed by atoms with Crippen LogP contribution < -0.4 is 0 Å². The van der Waals surface area contributed by atoms with Crippen molar-refractivity contribution in [3.63, 3.8) is 0 Å². The molecule has 1 aliphatic rings. The van der Waals surface area contributed by atoms with Gasteiger partial charge in [0.1, 0.15) is 0 Å². The highest BCUT2D eigenvalue weighted by atomic mass is 35.7. The molecule has 0 saturated carbocycles. The minimum Gasteiger partial charge on any atom is -0.207 e. The van der Waals surface area contributed by atoms with Gasteiger partial charge in [-0.3, -0.25) is 0 Å². The SMILES string of the molecule is O=S(=O)(Cl)c1ccc2c(c1)Cc1ccccc1-2. The number of hydrogen-bond donors (Lipinski definition) is 0. The Hall–Kier alpha value is -1.32. The first-order valence-electron chi connectivity index (χ1n) is 5.21. The van der Waals surface area contributed by atoms with Crippen molar-refractivity contribution < 1.29 is 8.42 Å². The lowest BCUT2D eigenvalue weighted by molar-refractivity contribution is 0.609. The normalized spacial score (nSPS) is 13.2. The predicted octanol–water partition coefficient (Wildman–Crippen LogP) is 3.19. The van der Waals surface area contributed by atoms with Gasteiger partial charge in [0.15, 0.2) is 0 Å². The second-order valence-electron chi connectivity index (χ2n) is 4.09. The Balaban J connectivity index is 2.20. The van der Waals surface area contributed by atoms with Gasteiger partial charge < -0.3 is 0 Å². The van der Waals surface area contributed by atoms with Crippen molar-refractivity contribution in [3.05, 3.63) is 53.6 Å². The van der Waals surface area contributed by atoms with Gasteiger partial charge in [-0.1, -0.05) is 30.3 Å². The van der Waals surface area contributed by atoms with Gasteiger partial charge in [0, 0.05) is 10.7 Å². The van der Waals surface area contributed by atoms with Crippen molar-refractivity contribution in [2.75, 3.05) is 0 Å². The molecule has 2 aromatic rings. The zero-order valence-corrected chi connectivity index (χ0v) is 10.4. The van der Waals surface area contributed by atoms with Crippen molar-refractivity contribution in [1.29, 1.82) is 0 Å². The largest absolute Gasteiger partial charge is 0.261 e. The van der Waals surface area contributed by atoms with Gasteiger partial charge in [-0.15, -0.1) is 0 Å². The van der Waals surface area contributed by atoms with Gasteiger partial charge in [0.25, 0.3) is 9.05 Å². The lowest BCUT2D eigenvalue weighted by atomic mass is 10.1. The van der Waals surface area contributed by atoms with Crippen LogP contribution in [0.25, 0.3) is 11.1 Å². The van der Waals surface area contributed by atoms with Crippen molar-refractivity contribution in [2.24, 2.45) is 0 Å². The predicted molar refractivity (Wildman–Crippen MR) is 67.7 cm³/mol. The number of rotatable bonds is 1. The molecule has 0 bridgehead atoms. The van der Waals surface area contributed by atoms with E-state index in [9.17, 15) is 8.42 Å². The van der Waals surface area contributed by atoms with Crippen LogP contribution in [0.3, 0.4) is 0 Å². The van der Waals surface area contributed by atoms with Crippen LogP contribution in [0.4, 0.5) is 0 Å². The lowest BCUT2D eigenvalue weighted by Crippen LogP contribution is -1.92. The third kappa shape index (κ3) is 1.75. The fraction of sp³-hybridized carbons (Fsp3) is 0.0769. The quantitative estimate of drug-likeness (QED) is 0.633. The molecule has 0 N–H and O–H groups in total. The van der Waals surface area contributed by atoms with Crippen molar-refractivity contribution in [1.82, 2.24) is 0 Å². The van der Waals surface area contributed by atoms with Crippen LogP contribution in [0.5, 0.6) is 0 Å². The fourth-order valence-electron chi connectivity index (χ4n) is 2.27. The zero-order valence-electron chi connectivity index (χ0n) is 8.85. The highest BCUT2D eigenvalue weighted by Gasteiger charge is 2.20. The monoisotopic (exact) mass is 264 g/mol. The first-order chi connectivity index (χ1) is 8.05. The van der Waals surface area contributed by atoms with E-state index >= 15 is 0 Å². The standard InChI is InChI=1S/C13H9ClO2S/c14-17(15,16)11-5-6-13-10(8-11)7-9-3-1-2-4-12(9)13/h1-6,8H,7H2. The van der Waals surface area contributed by atoms with E-state index in [1.807, 2.05) is 18.2 Å². The molecule has 86 valence electrons. The molecule has 2 nitrogen and oxygen atoms in total. The van der Waals surface area contributed by atoms with Gasteiger partial charge in [0.05, 0.1) is 4.90 Å². The molecule has 0 heterocycles. The number of hydrogen-bond acceptors (Lipinski definition) is 2. The summed E-state index contributed by atoms with van der Waals surface area (Å²) in [4.78, 5) is 0.172. The molecule has 4 heteroatoms. The molecule has 2 aromatic carbocycles. The minimum atomic E-state index is -3.64. The fourth-order valence-corrected chi connectivity index (χ4v) is 3.07. The Morgan fingerprint density at radius 1 is 0.941 bits per heavy atom. The summed E-state index contributed by atoms with van der Waals surface area (Å²) in [5.41, 5.74) is 4.53. The van der Waals surface area contributed by atoms with Gasteiger partial charge in [0.2, 0.25) is 0 Å². The average molecular weight is 265 g/mol. The van der Waals surface area contributed by atoms with Crippen LogP contribution >= 0.6 is 10.7 Å². The van der Waals surface area contributed by atoms with E-state index in [4.69, 9.17) is 10.7 Å². The van der Waals surface area contributed by atoms with Crippen LogP contribution in [-0.2, 0) is 15.5 Å². The summed E-state index contributed by atoms with van der Waals surface area (Å²) in [5, 5.41) is 0. The Labute approximate surface area is 104 Å². The molecule has 3 rings (SSSR count). The molecule has 17 heavy (non-hydrogen) atoms. The first-order valence-corrected chi connectivity index (χ1v) is 7.52. The summed E-state index contributed by atoms with van der Waals surface area (Å²) in [6.07, 6.45) is 0.770. The average Bonchev–Trinajstić information content (AvgIpc) is 2.65. The number of fused-ring (bicyclic) bond motifs is 3. The Morgan fingerprint density at radius 3 is 2.41 bits per heavy atom. The first kappa shape index (κ1) is 10.8. The smallest absolute Gasteiger partial charge is 0.207 e. The molecule has 1 aliphatic carbocycles. The summed E-state index contributed by atoms with van der Waals surface area (Å²) >= 11 is 0. The summed E-state index contributed by atoms with van der Waals surface area (Å²) in [7, 11) is 1.70. The summed E-state index contributed by atoms with van der Waals surface area (Å²) in [6.45, 7) is 0. The molecular formula is C13H9ClO2S. The van der Waals surface area contributed by atoms with Gasteiger partial charge in [-0.05, 0) is 40.8 Å². The van der Waals surface area contributed by atoms with Crippen LogP contribution in [0.1, 0.15) is 11.1 Å². The van der Waals surface area contributed by atoms with Crippen LogP contribution in [0.15, 0.2) is 47.4 Å². The van der Waals surface area contributed by atoms with E-state index in [0.717, 1.165) is 17.5 Å². The van der Waals surface area contributed by atoms with Crippen LogP contribution in [0.2, 0.25) is 0 Å². The molecular weight excluding hydrogens is 256 g/mol. The van der Waals surface area contributed by atoms with Crippen LogP contribution in [0, 0.1) is 0 Å². The van der Waals surface area contributed by atoms with E-state index in [-0.39, 0.29) is 4.90 Å². The minimum absolute atomic E-state index is 0.172. The van der Waals surface area contributed by atoms with E-state index in [0.29, 0.717) is 0 Å². The molecule has 0 aromatic heterocycles. The molecule has 0 atom stereocenters. The number of benzene rings is 2. The maximum absolute atomic E-state index is 11.3. The molecule has 0 unspecified atom stereocenters. The molecule has 0 saturated heterocycles. The maximum Gasteiger partial charge on any atom is 0.261 e. The van der Waals surface area contributed by atoms with Gasteiger partial charge in [-0.2, -0.15) is 0 Å². The third-order valence-corrected chi connectivity index (χ3v) is 4.40. The maximum atomic E-state index is 11.3. The topological polar surface area (TPSA) is 34.1 Å². The van der Waals surface area contributed by atoms with Crippen molar-refractivity contribution in [2.45, 2.75) is 11.3 Å². The zero-order chi connectivity index (χ0) is 12.0. The third-order valence-electron chi connectivity index (χ3n) is 3.05. The van der Waals surface area contributed by atoms with E-state index < -0.39 is 9.05 Å². The Bertz CT molecular complexity index is 705. The summed E-state index contributed by atoms with van der Waals surface area (Å²) in [6, 6.07) is 13.1. The Morgan fingerprint density at radius 2 is 1.65 bits per heavy atom. The molecule has 0 amide bonds. The van der Waals surface area contributed by atoms with Crippen molar-refractivity contribution >= 4 is 19.7 Å². The van der Waals surface area contributed by atoms with Crippen molar-refractivity contribution in [3.8, 4) is 11.1 Å². The van der Waals surface area contributed by atoms with E-state index in [1.165, 1.54) is 11.1 Å². The second kappa shape index (κ2) is 3.59. The molecule has 0 aliphatic heterocycles. The molecule has 0 fully saturated rings. The van der Waals surface area contributed by atoms with Gasteiger partial charge >= 0.3 is 0 Å². The van der Waals surface area contributed by atoms with E-state index in [2.05, 4.69) is 12.1 Å². The number of halogens is 1. The lowest BCUT2D eigenvalue weighted by Gasteiger charge is -2.02. The highest BCUT2D eigenvalue weighted by molar-refractivity contribution is 8.13. The molecule has 0 spiro atoms. The van der Waals surface area contributed by atoms with Gasteiger partial charge in [-0.25, -0.2) is 8.42 Å². The Kier molecular flexibility index (Phi) is 2.28. The van der Waals surface area contributed by atoms with Crippen LogP contribution in [-0.4, -0.2) is 8.42 Å². The molecule has 0 radical (unpaired) electrons. The summed E-state index contributed by atoms with van der Waals surface area (Å²) in [5.74, 6) is 0. The highest BCUT2D eigenvalue weighted by Crippen LogP contribution is 2.37. The van der Waals surface area contributed by atoms with E-state index in [1.54, 1.807) is 12.1 Å². The summed E-state index contributed by atoms with van der Waals surface area (Å²) < 4.78 is 22.5. The second-order valence-corrected chi connectivity index (χ2v) is 6.66.